The summed E-state index contributed by atoms with van der Waals surface area (Å²) in [6.45, 7) is 0. The smallest absolute Gasteiger partial charge is 0.220 e. The van der Waals surface area contributed by atoms with Gasteiger partial charge in [0.05, 0.1) is 0 Å². The molecular formula is C12H22BrNOS. The molecule has 1 amide bonds. The van der Waals surface area contributed by atoms with Crippen molar-refractivity contribution in [3.63, 3.8) is 0 Å². The van der Waals surface area contributed by atoms with Gasteiger partial charge < -0.3 is 5.32 Å². The largest absolute Gasteiger partial charge is 0.353 e. The number of hydrogen-bond acceptors (Lipinski definition) is 2. The third-order valence-electron chi connectivity index (χ3n) is 3.16. The molecule has 94 valence electrons. The van der Waals surface area contributed by atoms with E-state index in [1.54, 1.807) is 0 Å². The quantitative estimate of drug-likeness (QED) is 0.602. The first kappa shape index (κ1) is 14.4. The molecule has 0 spiro atoms. The highest BCUT2D eigenvalue weighted by Gasteiger charge is 2.21. The van der Waals surface area contributed by atoms with Crippen molar-refractivity contribution in [3.05, 3.63) is 0 Å². The second kappa shape index (κ2) is 8.40. The fourth-order valence-corrected chi connectivity index (χ4v) is 3.26. The normalized spacial score (nSPS) is 25.4. The van der Waals surface area contributed by atoms with Crippen molar-refractivity contribution in [2.75, 3.05) is 11.6 Å². The molecule has 1 rings (SSSR count). The highest BCUT2D eigenvalue weighted by Crippen LogP contribution is 2.26. The van der Waals surface area contributed by atoms with E-state index in [1.807, 2.05) is 11.8 Å². The van der Waals surface area contributed by atoms with Gasteiger partial charge in [-0.2, -0.15) is 11.8 Å². The lowest BCUT2D eigenvalue weighted by Crippen LogP contribution is -2.37. The molecule has 4 heteroatoms. The Morgan fingerprint density at radius 1 is 1.31 bits per heavy atom. The first-order valence-electron chi connectivity index (χ1n) is 6.14. The van der Waals surface area contributed by atoms with Crippen LogP contribution in [0.25, 0.3) is 0 Å². The van der Waals surface area contributed by atoms with Gasteiger partial charge in [-0.3, -0.25) is 4.79 Å². The molecule has 16 heavy (non-hydrogen) atoms. The SMILES string of the molecule is CSC1CCC(NC(=O)CCCCBr)CC1. The predicted octanol–water partition coefficient (Wildman–Crippen LogP) is 3.34. The minimum atomic E-state index is 0.244. The average Bonchev–Trinajstić information content (AvgIpc) is 2.30. The second-order valence-corrected chi connectivity index (χ2v) is 6.35. The van der Waals surface area contributed by atoms with Crippen molar-refractivity contribution in [2.24, 2.45) is 0 Å². The number of carbonyl (C=O) groups is 1. The van der Waals surface area contributed by atoms with Gasteiger partial charge in [0.25, 0.3) is 0 Å². The Bertz CT molecular complexity index is 205. The zero-order chi connectivity index (χ0) is 11.8. The molecule has 0 saturated heterocycles. The molecule has 1 saturated carbocycles. The molecule has 0 radical (unpaired) electrons. The molecule has 0 aromatic heterocycles. The fourth-order valence-electron chi connectivity index (χ4n) is 2.12. The molecule has 0 aromatic carbocycles. The molecular weight excluding hydrogens is 286 g/mol. The standard InChI is InChI=1S/C12H22BrNOS/c1-16-11-7-5-10(6-8-11)14-12(15)4-2-3-9-13/h10-11H,2-9H2,1H3,(H,14,15). The van der Waals surface area contributed by atoms with Crippen LogP contribution in [0.3, 0.4) is 0 Å². The maximum Gasteiger partial charge on any atom is 0.220 e. The molecule has 0 atom stereocenters. The van der Waals surface area contributed by atoms with E-state index in [0.717, 1.165) is 36.3 Å². The van der Waals surface area contributed by atoms with Gasteiger partial charge in [-0.05, 0) is 44.8 Å². The highest BCUT2D eigenvalue weighted by molar-refractivity contribution is 9.09. The summed E-state index contributed by atoms with van der Waals surface area (Å²) in [5, 5.41) is 4.98. The van der Waals surface area contributed by atoms with Gasteiger partial charge in [0.1, 0.15) is 0 Å². The van der Waals surface area contributed by atoms with Crippen molar-refractivity contribution in [1.82, 2.24) is 5.32 Å². The van der Waals surface area contributed by atoms with Gasteiger partial charge in [-0.15, -0.1) is 0 Å². The number of alkyl halides is 1. The summed E-state index contributed by atoms with van der Waals surface area (Å²) in [6, 6.07) is 0.444. The van der Waals surface area contributed by atoms with E-state index in [9.17, 15) is 4.79 Å². The lowest BCUT2D eigenvalue weighted by Gasteiger charge is -2.28. The monoisotopic (exact) mass is 307 g/mol. The van der Waals surface area contributed by atoms with E-state index in [-0.39, 0.29) is 5.91 Å². The third kappa shape index (κ3) is 5.58. The number of rotatable bonds is 6. The number of halogens is 1. The Morgan fingerprint density at radius 3 is 2.56 bits per heavy atom. The molecule has 0 aliphatic heterocycles. The van der Waals surface area contributed by atoms with Crippen LogP contribution in [0.2, 0.25) is 0 Å². The molecule has 0 unspecified atom stereocenters. The van der Waals surface area contributed by atoms with E-state index in [1.165, 1.54) is 12.8 Å². The second-order valence-electron chi connectivity index (χ2n) is 4.42. The summed E-state index contributed by atoms with van der Waals surface area (Å²) in [7, 11) is 0. The maximum absolute atomic E-state index is 11.6. The molecule has 0 aromatic rings. The van der Waals surface area contributed by atoms with Gasteiger partial charge in [0, 0.05) is 23.0 Å². The van der Waals surface area contributed by atoms with E-state index in [2.05, 4.69) is 27.5 Å². The van der Waals surface area contributed by atoms with Crippen molar-refractivity contribution in [2.45, 2.75) is 56.2 Å². The van der Waals surface area contributed by atoms with Gasteiger partial charge in [-0.25, -0.2) is 0 Å². The minimum absolute atomic E-state index is 0.244. The molecule has 1 aliphatic rings. The van der Waals surface area contributed by atoms with Crippen LogP contribution in [0, 0.1) is 0 Å². The van der Waals surface area contributed by atoms with Crippen molar-refractivity contribution in [1.29, 1.82) is 0 Å². The summed E-state index contributed by atoms with van der Waals surface area (Å²) < 4.78 is 0. The van der Waals surface area contributed by atoms with Crippen molar-refractivity contribution < 1.29 is 4.79 Å². The average molecular weight is 308 g/mol. The van der Waals surface area contributed by atoms with Crippen LogP contribution in [0.4, 0.5) is 0 Å². The number of nitrogens with one attached hydrogen (secondary N) is 1. The number of unbranched alkanes of at least 4 members (excludes halogenated alkanes) is 1. The zero-order valence-corrected chi connectivity index (χ0v) is 12.4. The number of thioether (sulfide) groups is 1. The minimum Gasteiger partial charge on any atom is -0.353 e. The first-order valence-corrected chi connectivity index (χ1v) is 8.55. The molecule has 1 aliphatic carbocycles. The van der Waals surface area contributed by atoms with Crippen LogP contribution in [0.1, 0.15) is 44.9 Å². The Kier molecular flexibility index (Phi) is 7.54. The Hall–Kier alpha value is 0.300. The summed E-state index contributed by atoms with van der Waals surface area (Å²) in [5.74, 6) is 0.244. The number of hydrogen-bond donors (Lipinski definition) is 1. The van der Waals surface area contributed by atoms with Crippen LogP contribution in [-0.4, -0.2) is 28.8 Å². The molecule has 0 bridgehead atoms. The summed E-state index contributed by atoms with van der Waals surface area (Å²) in [4.78, 5) is 11.6. The lowest BCUT2D eigenvalue weighted by atomic mass is 9.95. The van der Waals surface area contributed by atoms with E-state index in [4.69, 9.17) is 0 Å². The van der Waals surface area contributed by atoms with Crippen molar-refractivity contribution >= 4 is 33.6 Å². The van der Waals surface area contributed by atoms with E-state index < -0.39 is 0 Å². The van der Waals surface area contributed by atoms with Crippen LogP contribution in [0.15, 0.2) is 0 Å². The predicted molar refractivity (Wildman–Crippen MR) is 75.3 cm³/mol. The highest BCUT2D eigenvalue weighted by atomic mass is 79.9. The van der Waals surface area contributed by atoms with Gasteiger partial charge >= 0.3 is 0 Å². The Labute approximate surface area is 111 Å². The Morgan fingerprint density at radius 2 is 2.00 bits per heavy atom. The van der Waals surface area contributed by atoms with Crippen LogP contribution >= 0.6 is 27.7 Å². The fraction of sp³-hybridized carbons (Fsp3) is 0.917. The van der Waals surface area contributed by atoms with Gasteiger partial charge in [0.2, 0.25) is 5.91 Å². The van der Waals surface area contributed by atoms with Gasteiger partial charge in [-0.1, -0.05) is 15.9 Å². The topological polar surface area (TPSA) is 29.1 Å². The molecule has 1 N–H and O–H groups in total. The molecule has 0 heterocycles. The third-order valence-corrected chi connectivity index (χ3v) is 4.86. The number of amides is 1. The molecule has 1 fully saturated rings. The zero-order valence-electron chi connectivity index (χ0n) is 10.0. The van der Waals surface area contributed by atoms with E-state index >= 15 is 0 Å². The Balaban J connectivity index is 2.10. The number of carbonyl (C=O) groups excluding carboxylic acids is 1. The van der Waals surface area contributed by atoms with E-state index in [0.29, 0.717) is 12.5 Å². The summed E-state index contributed by atoms with van der Waals surface area (Å²) >= 11 is 5.34. The van der Waals surface area contributed by atoms with Crippen molar-refractivity contribution in [3.8, 4) is 0 Å². The lowest BCUT2D eigenvalue weighted by molar-refractivity contribution is -0.122. The maximum atomic E-state index is 11.6. The van der Waals surface area contributed by atoms with Crippen LogP contribution in [-0.2, 0) is 4.79 Å². The van der Waals surface area contributed by atoms with Crippen LogP contribution in [0.5, 0.6) is 0 Å². The van der Waals surface area contributed by atoms with Crippen LogP contribution < -0.4 is 5.32 Å². The van der Waals surface area contributed by atoms with Gasteiger partial charge in [0.15, 0.2) is 0 Å². The first-order chi connectivity index (χ1) is 7.76. The summed E-state index contributed by atoms with van der Waals surface area (Å²) in [5.41, 5.74) is 0. The summed E-state index contributed by atoms with van der Waals surface area (Å²) in [6.07, 6.45) is 9.80. The molecule has 2 nitrogen and oxygen atoms in total.